The van der Waals surface area contributed by atoms with Crippen molar-refractivity contribution in [1.29, 1.82) is 0 Å². The van der Waals surface area contributed by atoms with E-state index in [-0.39, 0.29) is 0 Å². The van der Waals surface area contributed by atoms with Crippen molar-refractivity contribution in [3.63, 3.8) is 0 Å². The fourth-order valence-electron chi connectivity index (χ4n) is 1.68. The van der Waals surface area contributed by atoms with Crippen molar-refractivity contribution < 1.29 is 0 Å². The smallest absolute Gasteiger partial charge is 0.00188 e. The van der Waals surface area contributed by atoms with Crippen LogP contribution in [0.4, 0.5) is 0 Å². The predicted molar refractivity (Wildman–Crippen MR) is 57.2 cm³/mol. The summed E-state index contributed by atoms with van der Waals surface area (Å²) >= 11 is 0. The maximum Gasteiger partial charge on any atom is 0.00188 e. The second-order valence-corrected chi connectivity index (χ2v) is 4.80. The molecule has 1 atom stereocenters. The van der Waals surface area contributed by atoms with Crippen LogP contribution >= 0.6 is 9.39 Å². The van der Waals surface area contributed by atoms with Crippen molar-refractivity contribution in [3.8, 4) is 0 Å². The van der Waals surface area contributed by atoms with E-state index in [0.717, 1.165) is 5.92 Å². The summed E-state index contributed by atoms with van der Waals surface area (Å²) in [5.74, 6) is 0.976. The van der Waals surface area contributed by atoms with Gasteiger partial charge in [-0.1, -0.05) is 9.39 Å². The molecule has 1 rings (SSSR count). The number of hydrogen-bond acceptors (Lipinski definition) is 2. The SMILES string of the molecule is CN(C)CCC1CCN(P)CC1. The van der Waals surface area contributed by atoms with Crippen LogP contribution in [0.2, 0.25) is 0 Å². The summed E-state index contributed by atoms with van der Waals surface area (Å²) in [5, 5.41) is 0. The summed E-state index contributed by atoms with van der Waals surface area (Å²) in [6.45, 7) is 3.78. The molecule has 0 spiro atoms. The Labute approximate surface area is 78.6 Å². The minimum absolute atomic E-state index is 0.976. The molecule has 0 radical (unpaired) electrons. The van der Waals surface area contributed by atoms with Gasteiger partial charge in [0.15, 0.2) is 0 Å². The van der Waals surface area contributed by atoms with Crippen LogP contribution < -0.4 is 0 Å². The molecule has 0 aliphatic carbocycles. The Morgan fingerprint density at radius 3 is 2.42 bits per heavy atom. The second-order valence-electron chi connectivity index (χ2n) is 4.07. The first-order chi connectivity index (χ1) is 5.68. The minimum Gasteiger partial charge on any atom is -0.309 e. The molecule has 0 amide bonds. The summed E-state index contributed by atoms with van der Waals surface area (Å²) in [6.07, 6.45) is 4.15. The van der Waals surface area contributed by atoms with Gasteiger partial charge in [-0.2, -0.15) is 0 Å². The fraction of sp³-hybridized carbons (Fsp3) is 1.00. The summed E-state index contributed by atoms with van der Waals surface area (Å²) in [7, 11) is 7.11. The van der Waals surface area contributed by atoms with Crippen LogP contribution in [-0.4, -0.2) is 43.3 Å². The van der Waals surface area contributed by atoms with Crippen molar-refractivity contribution in [2.45, 2.75) is 19.3 Å². The van der Waals surface area contributed by atoms with E-state index in [9.17, 15) is 0 Å². The molecule has 0 saturated carbocycles. The molecule has 1 aliphatic rings. The van der Waals surface area contributed by atoms with Crippen LogP contribution in [0.3, 0.4) is 0 Å². The Balaban J connectivity index is 2.09. The standard InChI is InChI=1S/C9H21N2P/c1-10(2)6-3-9-4-7-11(12)8-5-9/h9H,3-8,12H2,1-2H3. The predicted octanol–water partition coefficient (Wildman–Crippen LogP) is 1.44. The van der Waals surface area contributed by atoms with Crippen LogP contribution in [0.5, 0.6) is 0 Å². The van der Waals surface area contributed by atoms with Gasteiger partial charge in [0, 0.05) is 13.1 Å². The Bertz CT molecular complexity index is 120. The first kappa shape index (κ1) is 10.4. The van der Waals surface area contributed by atoms with E-state index in [2.05, 4.69) is 33.1 Å². The Morgan fingerprint density at radius 1 is 1.33 bits per heavy atom. The third-order valence-corrected chi connectivity index (χ3v) is 3.15. The van der Waals surface area contributed by atoms with Crippen LogP contribution in [0.1, 0.15) is 19.3 Å². The quantitative estimate of drug-likeness (QED) is 0.618. The molecule has 12 heavy (non-hydrogen) atoms. The van der Waals surface area contributed by atoms with Crippen LogP contribution in [0, 0.1) is 5.92 Å². The summed E-state index contributed by atoms with van der Waals surface area (Å²) in [4.78, 5) is 2.28. The minimum atomic E-state index is 0.976. The van der Waals surface area contributed by atoms with Crippen molar-refractivity contribution in [3.05, 3.63) is 0 Å². The lowest BCUT2D eigenvalue weighted by Crippen LogP contribution is -2.28. The number of hydrogen-bond donors (Lipinski definition) is 0. The van der Waals surface area contributed by atoms with Gasteiger partial charge in [0.05, 0.1) is 0 Å². The number of rotatable bonds is 3. The molecule has 0 bridgehead atoms. The lowest BCUT2D eigenvalue weighted by atomic mass is 9.94. The lowest BCUT2D eigenvalue weighted by molar-refractivity contribution is 0.254. The highest BCUT2D eigenvalue weighted by Crippen LogP contribution is 2.22. The normalized spacial score (nSPS) is 22.0. The van der Waals surface area contributed by atoms with Crippen LogP contribution in [0.15, 0.2) is 0 Å². The molecule has 72 valence electrons. The third kappa shape index (κ3) is 3.84. The highest BCUT2D eigenvalue weighted by molar-refractivity contribution is 7.13. The molecule has 1 aliphatic heterocycles. The highest BCUT2D eigenvalue weighted by atomic mass is 31.0. The second kappa shape index (κ2) is 5.16. The monoisotopic (exact) mass is 188 g/mol. The maximum absolute atomic E-state index is 2.80. The molecule has 1 fully saturated rings. The van der Waals surface area contributed by atoms with Gasteiger partial charge in [-0.3, -0.25) is 4.67 Å². The zero-order chi connectivity index (χ0) is 8.97. The van der Waals surface area contributed by atoms with E-state index in [1.165, 1.54) is 38.9 Å². The number of piperidine rings is 1. The summed E-state index contributed by atoms with van der Waals surface area (Å²) in [6, 6.07) is 0. The lowest BCUT2D eigenvalue weighted by Gasteiger charge is -2.29. The van der Waals surface area contributed by atoms with E-state index in [0.29, 0.717) is 0 Å². The summed E-state index contributed by atoms with van der Waals surface area (Å²) in [5.41, 5.74) is 0. The van der Waals surface area contributed by atoms with E-state index < -0.39 is 0 Å². The van der Waals surface area contributed by atoms with Gasteiger partial charge < -0.3 is 4.90 Å². The first-order valence-electron chi connectivity index (χ1n) is 4.83. The van der Waals surface area contributed by atoms with Crippen molar-refractivity contribution in [2.75, 3.05) is 33.7 Å². The van der Waals surface area contributed by atoms with Gasteiger partial charge in [-0.05, 0) is 45.8 Å². The van der Waals surface area contributed by atoms with Gasteiger partial charge in [0.25, 0.3) is 0 Å². The van der Waals surface area contributed by atoms with Gasteiger partial charge in [-0.15, -0.1) is 0 Å². The highest BCUT2D eigenvalue weighted by Gasteiger charge is 2.16. The number of nitrogens with zero attached hydrogens (tertiary/aromatic N) is 2. The zero-order valence-corrected chi connectivity index (χ0v) is 9.45. The van der Waals surface area contributed by atoms with E-state index in [4.69, 9.17) is 0 Å². The van der Waals surface area contributed by atoms with Crippen LogP contribution in [-0.2, 0) is 0 Å². The molecule has 0 N–H and O–H groups in total. The van der Waals surface area contributed by atoms with Crippen molar-refractivity contribution in [1.82, 2.24) is 9.57 Å². The average molecular weight is 188 g/mol. The molecule has 0 aromatic heterocycles. The molecule has 3 heteroatoms. The molecule has 2 nitrogen and oxygen atoms in total. The van der Waals surface area contributed by atoms with Gasteiger partial charge in [0.2, 0.25) is 0 Å². The molecule has 1 saturated heterocycles. The van der Waals surface area contributed by atoms with E-state index in [1.807, 2.05) is 0 Å². The molecular formula is C9H21N2P. The van der Waals surface area contributed by atoms with Crippen molar-refractivity contribution in [2.24, 2.45) is 5.92 Å². The Kier molecular flexibility index (Phi) is 4.49. The molecule has 1 heterocycles. The average Bonchev–Trinajstić information content (AvgIpc) is 2.03. The van der Waals surface area contributed by atoms with E-state index >= 15 is 0 Å². The molecule has 1 unspecified atom stereocenters. The molecular weight excluding hydrogens is 167 g/mol. The third-order valence-electron chi connectivity index (χ3n) is 2.63. The summed E-state index contributed by atoms with van der Waals surface area (Å²) < 4.78 is 2.35. The first-order valence-corrected chi connectivity index (χ1v) is 5.34. The molecule has 0 aromatic rings. The van der Waals surface area contributed by atoms with Crippen LogP contribution in [0.25, 0.3) is 0 Å². The molecule has 0 aromatic carbocycles. The largest absolute Gasteiger partial charge is 0.309 e. The Morgan fingerprint density at radius 2 is 1.92 bits per heavy atom. The zero-order valence-electron chi connectivity index (χ0n) is 8.29. The van der Waals surface area contributed by atoms with Gasteiger partial charge in [-0.25, -0.2) is 0 Å². The topological polar surface area (TPSA) is 6.48 Å². The fourth-order valence-corrected chi connectivity index (χ4v) is 1.98. The van der Waals surface area contributed by atoms with E-state index in [1.54, 1.807) is 0 Å². The van der Waals surface area contributed by atoms with Gasteiger partial charge in [0.1, 0.15) is 0 Å². The maximum atomic E-state index is 2.80. The van der Waals surface area contributed by atoms with Gasteiger partial charge >= 0.3 is 0 Å². The van der Waals surface area contributed by atoms with Crippen molar-refractivity contribution >= 4 is 9.39 Å². The Hall–Kier alpha value is 0.350.